The van der Waals surface area contributed by atoms with E-state index in [0.29, 0.717) is 11.4 Å². The molecule has 1 atom stereocenters. The third-order valence-corrected chi connectivity index (χ3v) is 5.19. The van der Waals surface area contributed by atoms with Gasteiger partial charge in [0.25, 0.3) is 5.91 Å². The van der Waals surface area contributed by atoms with Gasteiger partial charge in [-0.05, 0) is 48.0 Å². The number of hydrogen-bond acceptors (Lipinski definition) is 3. The number of nitrogens with one attached hydrogen (secondary N) is 1. The number of nitrogens with zero attached hydrogens (tertiary/aromatic N) is 1. The van der Waals surface area contributed by atoms with Crippen LogP contribution in [-0.4, -0.2) is 16.8 Å². The highest BCUT2D eigenvalue weighted by Crippen LogP contribution is 2.28. The lowest BCUT2D eigenvalue weighted by Crippen LogP contribution is -2.25. The largest absolute Gasteiger partial charge is 0.351 e. The average Bonchev–Trinajstić information content (AvgIpc) is 2.83. The molecule has 1 heterocycles. The third kappa shape index (κ3) is 4.18. The number of benzene rings is 1. The van der Waals surface area contributed by atoms with Crippen molar-refractivity contribution in [1.29, 1.82) is 0 Å². The molecule has 3 nitrogen and oxygen atoms in total. The second-order valence-electron chi connectivity index (χ2n) is 4.82. The van der Waals surface area contributed by atoms with Crippen molar-refractivity contribution < 1.29 is 9.18 Å². The number of rotatable bonds is 6. The summed E-state index contributed by atoms with van der Waals surface area (Å²) >= 11 is 12.6. The molecule has 1 unspecified atom stereocenters. The molecular weight excluding hydrogens is 346 g/mol. The van der Waals surface area contributed by atoms with E-state index in [4.69, 9.17) is 23.2 Å². The molecule has 0 saturated carbocycles. The zero-order valence-electron chi connectivity index (χ0n) is 11.9. The first kappa shape index (κ1) is 17.2. The van der Waals surface area contributed by atoms with Gasteiger partial charge in [-0.3, -0.25) is 4.79 Å². The summed E-state index contributed by atoms with van der Waals surface area (Å²) in [5.74, 6) is -0.342. The van der Waals surface area contributed by atoms with Gasteiger partial charge in [-0.25, -0.2) is 4.39 Å². The molecule has 0 radical (unpaired) electrons. The van der Waals surface area contributed by atoms with Gasteiger partial charge < -0.3 is 5.32 Å². The summed E-state index contributed by atoms with van der Waals surface area (Å²) < 4.78 is 17.1. The molecular formula is C15H15Cl2FN2OS. The quantitative estimate of drug-likeness (QED) is 0.795. The van der Waals surface area contributed by atoms with E-state index in [1.807, 2.05) is 13.0 Å². The molecule has 118 valence electrons. The van der Waals surface area contributed by atoms with E-state index in [9.17, 15) is 9.18 Å². The molecule has 0 aliphatic carbocycles. The topological polar surface area (TPSA) is 42.0 Å². The predicted molar refractivity (Wildman–Crippen MR) is 88.5 cm³/mol. The van der Waals surface area contributed by atoms with Crippen LogP contribution in [0.3, 0.4) is 0 Å². The van der Waals surface area contributed by atoms with E-state index in [-0.39, 0.29) is 27.8 Å². The first-order chi connectivity index (χ1) is 10.5. The SMILES string of the molecule is CCC(CCNC(=O)c1snc(Cl)c1Cl)c1cccc(F)c1. The number of carbonyl (C=O) groups is 1. The van der Waals surface area contributed by atoms with Crippen molar-refractivity contribution in [2.75, 3.05) is 6.54 Å². The molecule has 1 N–H and O–H groups in total. The van der Waals surface area contributed by atoms with Crippen molar-refractivity contribution >= 4 is 40.6 Å². The van der Waals surface area contributed by atoms with Gasteiger partial charge >= 0.3 is 0 Å². The summed E-state index contributed by atoms with van der Waals surface area (Å²) in [6.45, 7) is 2.51. The summed E-state index contributed by atoms with van der Waals surface area (Å²) in [6.07, 6.45) is 1.59. The monoisotopic (exact) mass is 360 g/mol. The first-order valence-corrected chi connectivity index (χ1v) is 8.40. The van der Waals surface area contributed by atoms with E-state index in [0.717, 1.165) is 29.9 Å². The maximum Gasteiger partial charge on any atom is 0.264 e. The van der Waals surface area contributed by atoms with Crippen molar-refractivity contribution in [1.82, 2.24) is 9.69 Å². The number of amides is 1. The van der Waals surface area contributed by atoms with Crippen molar-refractivity contribution in [3.63, 3.8) is 0 Å². The fraction of sp³-hybridized carbons (Fsp3) is 0.333. The van der Waals surface area contributed by atoms with Crippen molar-refractivity contribution in [2.24, 2.45) is 0 Å². The molecule has 2 rings (SSSR count). The third-order valence-electron chi connectivity index (χ3n) is 3.40. The zero-order valence-corrected chi connectivity index (χ0v) is 14.2. The van der Waals surface area contributed by atoms with Gasteiger partial charge in [0.1, 0.15) is 15.7 Å². The summed E-state index contributed by atoms with van der Waals surface area (Å²) in [5, 5.41) is 3.12. The van der Waals surface area contributed by atoms with Crippen LogP contribution in [-0.2, 0) is 0 Å². The highest BCUT2D eigenvalue weighted by molar-refractivity contribution is 7.09. The van der Waals surface area contributed by atoms with Crippen LogP contribution in [0.25, 0.3) is 0 Å². The van der Waals surface area contributed by atoms with E-state index in [1.165, 1.54) is 12.1 Å². The molecule has 1 aromatic carbocycles. The molecule has 1 amide bonds. The minimum absolute atomic E-state index is 0.142. The summed E-state index contributed by atoms with van der Waals surface area (Å²) in [7, 11) is 0. The lowest BCUT2D eigenvalue weighted by Gasteiger charge is -2.15. The van der Waals surface area contributed by atoms with Gasteiger partial charge in [-0.2, -0.15) is 4.37 Å². The van der Waals surface area contributed by atoms with Gasteiger partial charge in [0.2, 0.25) is 0 Å². The molecule has 2 aromatic rings. The Hall–Kier alpha value is -1.17. The lowest BCUT2D eigenvalue weighted by molar-refractivity contribution is 0.0956. The predicted octanol–water partition coefficient (Wildman–Crippen LogP) is 4.90. The zero-order chi connectivity index (χ0) is 16.1. The van der Waals surface area contributed by atoms with Crippen molar-refractivity contribution in [3.05, 3.63) is 50.7 Å². The Labute approximate surface area is 142 Å². The maximum atomic E-state index is 13.3. The Morgan fingerprint density at radius 3 is 2.82 bits per heavy atom. The maximum absolute atomic E-state index is 13.3. The summed E-state index contributed by atoms with van der Waals surface area (Å²) in [4.78, 5) is 12.3. The number of halogens is 3. The molecule has 0 saturated heterocycles. The van der Waals surface area contributed by atoms with Gasteiger partial charge in [-0.15, -0.1) is 0 Å². The van der Waals surface area contributed by atoms with E-state index >= 15 is 0 Å². The molecule has 22 heavy (non-hydrogen) atoms. The Bertz CT molecular complexity index is 663. The smallest absolute Gasteiger partial charge is 0.264 e. The Balaban J connectivity index is 1.92. The van der Waals surface area contributed by atoms with E-state index in [1.54, 1.807) is 6.07 Å². The van der Waals surface area contributed by atoms with Crippen molar-refractivity contribution in [3.8, 4) is 0 Å². The van der Waals surface area contributed by atoms with Crippen LogP contribution in [0.1, 0.15) is 40.9 Å². The standard InChI is InChI=1S/C15H15Cl2FN2OS/c1-2-9(10-4-3-5-11(18)8-10)6-7-19-15(21)13-12(16)14(17)20-22-13/h3-5,8-9H,2,6-7H2,1H3,(H,19,21). The summed E-state index contributed by atoms with van der Waals surface area (Å²) in [6, 6.07) is 6.56. The molecule has 0 spiro atoms. The van der Waals surface area contributed by atoms with Gasteiger partial charge in [0.15, 0.2) is 5.15 Å². The van der Waals surface area contributed by atoms with Crippen LogP contribution in [0.5, 0.6) is 0 Å². The molecule has 0 aliphatic heterocycles. The second-order valence-corrected chi connectivity index (χ2v) is 6.33. The van der Waals surface area contributed by atoms with Crippen LogP contribution in [0.2, 0.25) is 10.2 Å². The molecule has 0 bridgehead atoms. The fourth-order valence-electron chi connectivity index (χ4n) is 2.21. The van der Waals surface area contributed by atoms with Crippen molar-refractivity contribution in [2.45, 2.75) is 25.7 Å². The Morgan fingerprint density at radius 1 is 1.45 bits per heavy atom. The van der Waals surface area contributed by atoms with Crippen LogP contribution < -0.4 is 5.32 Å². The van der Waals surface area contributed by atoms with Gasteiger partial charge in [0.05, 0.1) is 0 Å². The minimum Gasteiger partial charge on any atom is -0.351 e. The summed E-state index contributed by atoms with van der Waals surface area (Å²) in [5.41, 5.74) is 0.940. The van der Waals surface area contributed by atoms with E-state index < -0.39 is 0 Å². The Morgan fingerprint density at radius 2 is 2.23 bits per heavy atom. The molecule has 1 aromatic heterocycles. The normalized spacial score (nSPS) is 12.2. The van der Waals surface area contributed by atoms with Crippen LogP contribution >= 0.6 is 34.7 Å². The van der Waals surface area contributed by atoms with Crippen LogP contribution in [0.4, 0.5) is 4.39 Å². The molecule has 0 fully saturated rings. The second kappa shape index (κ2) is 7.90. The minimum atomic E-state index is -0.288. The van der Waals surface area contributed by atoms with Crippen LogP contribution in [0.15, 0.2) is 24.3 Å². The molecule has 0 aliphatic rings. The average molecular weight is 361 g/mol. The first-order valence-electron chi connectivity index (χ1n) is 6.87. The number of carbonyl (C=O) groups excluding carboxylic acids is 1. The Kier molecular flexibility index (Phi) is 6.17. The van der Waals surface area contributed by atoms with Crippen LogP contribution in [0, 0.1) is 5.82 Å². The van der Waals surface area contributed by atoms with E-state index in [2.05, 4.69) is 9.69 Å². The highest BCUT2D eigenvalue weighted by atomic mass is 35.5. The number of aromatic nitrogens is 1. The lowest BCUT2D eigenvalue weighted by atomic mass is 9.93. The fourth-order valence-corrected chi connectivity index (χ4v) is 3.34. The van der Waals surface area contributed by atoms with Gasteiger partial charge in [0, 0.05) is 6.54 Å². The highest BCUT2D eigenvalue weighted by Gasteiger charge is 2.17. The number of hydrogen-bond donors (Lipinski definition) is 1. The molecule has 7 heteroatoms. The van der Waals surface area contributed by atoms with Gasteiger partial charge in [-0.1, -0.05) is 42.3 Å².